The Hall–Kier alpha value is -3.05. The van der Waals surface area contributed by atoms with E-state index in [1.807, 2.05) is 25.2 Å². The third-order valence-electron chi connectivity index (χ3n) is 3.92. The number of hydrogen-bond donors (Lipinski definition) is 0. The highest BCUT2D eigenvalue weighted by Gasteiger charge is 2.14. The van der Waals surface area contributed by atoms with E-state index in [-0.39, 0.29) is 0 Å². The van der Waals surface area contributed by atoms with Crippen LogP contribution in [0.3, 0.4) is 0 Å². The summed E-state index contributed by atoms with van der Waals surface area (Å²) in [5, 5.41) is 15.0. The number of nitrogens with zero attached hydrogens (tertiary/aromatic N) is 7. The molecule has 0 aliphatic rings. The molecule has 0 fully saturated rings. The van der Waals surface area contributed by atoms with Crippen molar-refractivity contribution in [2.75, 3.05) is 11.9 Å². The van der Waals surface area contributed by atoms with Crippen LogP contribution in [0.25, 0.3) is 21.3 Å². The molecule has 1 aromatic carbocycles. The molecule has 0 amide bonds. The van der Waals surface area contributed by atoms with Gasteiger partial charge in [-0.2, -0.15) is 10.4 Å². The molecule has 7 nitrogen and oxygen atoms in total. The number of aromatic nitrogens is 5. The van der Waals surface area contributed by atoms with Crippen LogP contribution >= 0.6 is 11.3 Å². The monoisotopic (exact) mass is 349 g/mol. The molecule has 3 heterocycles. The summed E-state index contributed by atoms with van der Waals surface area (Å²) in [6.07, 6.45) is 3.70. The number of para-hydroxylation sites is 1. The summed E-state index contributed by atoms with van der Waals surface area (Å²) in [6, 6.07) is 10.3. The minimum atomic E-state index is 0.400. The number of thiazole rings is 1. The number of rotatable bonds is 5. The van der Waals surface area contributed by atoms with E-state index in [1.165, 1.54) is 11.0 Å². The van der Waals surface area contributed by atoms with Gasteiger partial charge in [-0.05, 0) is 12.1 Å². The maximum Gasteiger partial charge on any atom is 0.163 e. The Morgan fingerprint density at radius 1 is 1.28 bits per heavy atom. The van der Waals surface area contributed by atoms with Crippen LogP contribution in [0.2, 0.25) is 0 Å². The van der Waals surface area contributed by atoms with Gasteiger partial charge in [-0.25, -0.2) is 19.6 Å². The fourth-order valence-corrected chi connectivity index (χ4v) is 3.79. The van der Waals surface area contributed by atoms with E-state index in [1.54, 1.807) is 22.2 Å². The lowest BCUT2D eigenvalue weighted by Gasteiger charge is -2.17. The zero-order valence-corrected chi connectivity index (χ0v) is 14.4. The molecule has 0 N–H and O–H groups in total. The lowest BCUT2D eigenvalue weighted by Crippen LogP contribution is -2.18. The fourth-order valence-electron chi connectivity index (χ4n) is 2.77. The van der Waals surface area contributed by atoms with Crippen molar-refractivity contribution in [1.29, 1.82) is 5.26 Å². The highest BCUT2D eigenvalue weighted by Crippen LogP contribution is 2.26. The van der Waals surface area contributed by atoms with Gasteiger partial charge in [0.2, 0.25) is 0 Å². The molecule has 0 spiro atoms. The van der Waals surface area contributed by atoms with E-state index in [9.17, 15) is 0 Å². The second-order valence-electron chi connectivity index (χ2n) is 5.64. The van der Waals surface area contributed by atoms with E-state index >= 15 is 0 Å². The first-order chi connectivity index (χ1) is 12.3. The molecule has 3 aromatic heterocycles. The number of aryl methyl sites for hydroxylation is 1. The summed E-state index contributed by atoms with van der Waals surface area (Å²) in [5.74, 6) is 0.812. The highest BCUT2D eigenvalue weighted by molar-refractivity contribution is 7.18. The quantitative estimate of drug-likeness (QED) is 0.551. The predicted molar refractivity (Wildman–Crippen MR) is 97.3 cm³/mol. The van der Waals surface area contributed by atoms with Crippen molar-refractivity contribution in [2.24, 2.45) is 0 Å². The number of nitriles is 1. The van der Waals surface area contributed by atoms with Crippen LogP contribution in [0.5, 0.6) is 0 Å². The average Bonchev–Trinajstić information content (AvgIpc) is 3.22. The second kappa shape index (κ2) is 6.45. The molecule has 4 rings (SSSR count). The first-order valence-corrected chi connectivity index (χ1v) is 8.67. The Bertz CT molecular complexity index is 1040. The van der Waals surface area contributed by atoms with Gasteiger partial charge >= 0.3 is 0 Å². The number of hydrogen-bond acceptors (Lipinski definition) is 7. The van der Waals surface area contributed by atoms with E-state index in [0.29, 0.717) is 19.5 Å². The van der Waals surface area contributed by atoms with Crippen LogP contribution < -0.4 is 4.90 Å². The van der Waals surface area contributed by atoms with E-state index in [4.69, 9.17) is 5.26 Å². The molecular formula is C17H15N7S. The number of fused-ring (bicyclic) bond motifs is 2. The lowest BCUT2D eigenvalue weighted by atomic mass is 10.3. The van der Waals surface area contributed by atoms with Crippen molar-refractivity contribution in [2.45, 2.75) is 19.5 Å². The van der Waals surface area contributed by atoms with Crippen LogP contribution in [0.4, 0.5) is 5.82 Å². The molecule has 0 aliphatic heterocycles. The second-order valence-corrected chi connectivity index (χ2v) is 6.76. The van der Waals surface area contributed by atoms with E-state index < -0.39 is 0 Å². The SMILES string of the molecule is CN(Cc1nc2ccccc2s1)c1ncnc2c1cnn2CCC#N. The zero-order chi connectivity index (χ0) is 17.2. The van der Waals surface area contributed by atoms with Crippen molar-refractivity contribution in [3.8, 4) is 6.07 Å². The molecule has 25 heavy (non-hydrogen) atoms. The van der Waals surface area contributed by atoms with Crippen LogP contribution in [0.1, 0.15) is 11.4 Å². The molecule has 0 atom stereocenters. The van der Waals surface area contributed by atoms with Gasteiger partial charge in [-0.1, -0.05) is 12.1 Å². The average molecular weight is 349 g/mol. The minimum Gasteiger partial charge on any atom is -0.352 e. The zero-order valence-electron chi connectivity index (χ0n) is 13.6. The van der Waals surface area contributed by atoms with E-state index in [2.05, 4.69) is 37.1 Å². The van der Waals surface area contributed by atoms with Gasteiger partial charge < -0.3 is 4.90 Å². The normalized spacial score (nSPS) is 11.0. The Morgan fingerprint density at radius 3 is 3.00 bits per heavy atom. The summed E-state index contributed by atoms with van der Waals surface area (Å²) in [4.78, 5) is 15.5. The van der Waals surface area contributed by atoms with Gasteiger partial charge in [-0.3, -0.25) is 0 Å². The van der Waals surface area contributed by atoms with Gasteiger partial charge in [0.25, 0.3) is 0 Å². The molecule has 0 saturated carbocycles. The maximum absolute atomic E-state index is 8.77. The van der Waals surface area contributed by atoms with Gasteiger partial charge in [0.1, 0.15) is 17.2 Å². The van der Waals surface area contributed by atoms with Crippen molar-refractivity contribution < 1.29 is 0 Å². The van der Waals surface area contributed by atoms with Crippen LogP contribution in [-0.2, 0) is 13.1 Å². The van der Waals surface area contributed by atoms with Crippen LogP contribution in [0, 0.1) is 11.3 Å². The van der Waals surface area contributed by atoms with Gasteiger partial charge in [0.15, 0.2) is 5.65 Å². The summed E-state index contributed by atoms with van der Waals surface area (Å²) in [5.41, 5.74) is 1.77. The molecule has 0 radical (unpaired) electrons. The van der Waals surface area contributed by atoms with Crippen LogP contribution in [-0.4, -0.2) is 31.8 Å². The molecule has 124 valence electrons. The molecular weight excluding hydrogens is 334 g/mol. The molecule has 0 bridgehead atoms. The first kappa shape index (κ1) is 15.5. The molecule has 0 aliphatic carbocycles. The Morgan fingerprint density at radius 2 is 2.16 bits per heavy atom. The highest BCUT2D eigenvalue weighted by atomic mass is 32.1. The van der Waals surface area contributed by atoms with Gasteiger partial charge in [0.05, 0.1) is 47.4 Å². The Balaban J connectivity index is 1.64. The third-order valence-corrected chi connectivity index (χ3v) is 4.94. The van der Waals surface area contributed by atoms with Gasteiger partial charge in [-0.15, -0.1) is 11.3 Å². The summed E-state index contributed by atoms with van der Waals surface area (Å²) in [7, 11) is 1.99. The molecule has 4 aromatic rings. The molecule has 8 heteroatoms. The third kappa shape index (κ3) is 2.90. The Kier molecular flexibility index (Phi) is 3.99. The van der Waals surface area contributed by atoms with Crippen molar-refractivity contribution in [3.63, 3.8) is 0 Å². The summed E-state index contributed by atoms with van der Waals surface area (Å²) < 4.78 is 2.93. The van der Waals surface area contributed by atoms with Crippen molar-refractivity contribution >= 4 is 38.4 Å². The van der Waals surface area contributed by atoms with Crippen molar-refractivity contribution in [3.05, 3.63) is 41.8 Å². The molecule has 0 unspecified atom stereocenters. The lowest BCUT2D eigenvalue weighted by molar-refractivity contribution is 0.643. The smallest absolute Gasteiger partial charge is 0.163 e. The Labute approximate surface area is 148 Å². The maximum atomic E-state index is 8.77. The molecule has 0 saturated heterocycles. The number of anilines is 1. The van der Waals surface area contributed by atoms with Crippen LogP contribution in [0.15, 0.2) is 36.8 Å². The fraction of sp³-hybridized carbons (Fsp3) is 0.235. The summed E-state index contributed by atoms with van der Waals surface area (Å²) >= 11 is 1.69. The topological polar surface area (TPSA) is 83.5 Å². The largest absolute Gasteiger partial charge is 0.352 e. The first-order valence-electron chi connectivity index (χ1n) is 7.85. The van der Waals surface area contributed by atoms with Gasteiger partial charge in [0, 0.05) is 7.05 Å². The van der Waals surface area contributed by atoms with Crippen molar-refractivity contribution in [1.82, 2.24) is 24.7 Å². The summed E-state index contributed by atoms with van der Waals surface area (Å²) in [6.45, 7) is 1.19. The standard InChI is InChI=1S/C17H15N7S/c1-23(10-15-22-13-5-2-3-6-14(13)25-15)16-12-9-21-24(8-4-7-18)17(12)20-11-19-16/h2-3,5-6,9,11H,4,8,10H2,1H3. The predicted octanol–water partition coefficient (Wildman–Crippen LogP) is 2.99. The number of benzene rings is 1. The van der Waals surface area contributed by atoms with E-state index in [0.717, 1.165) is 27.4 Å². The minimum absolute atomic E-state index is 0.400.